The van der Waals surface area contributed by atoms with Gasteiger partial charge in [0, 0.05) is 11.6 Å². The highest BCUT2D eigenvalue weighted by Crippen LogP contribution is 2.23. The number of nitrogens with zero attached hydrogens (tertiary/aromatic N) is 2. The molecule has 0 N–H and O–H groups in total. The van der Waals surface area contributed by atoms with Gasteiger partial charge in [0.25, 0.3) is 0 Å². The summed E-state index contributed by atoms with van der Waals surface area (Å²) in [6, 6.07) is 1.69. The van der Waals surface area contributed by atoms with Crippen molar-refractivity contribution in [1.29, 1.82) is 0 Å². The Bertz CT molecular complexity index is 271. The third kappa shape index (κ3) is 1.95. The zero-order chi connectivity index (χ0) is 9.19. The molecule has 0 unspecified atom stereocenters. The van der Waals surface area contributed by atoms with Crippen molar-refractivity contribution in [3.63, 3.8) is 0 Å². The van der Waals surface area contributed by atoms with Gasteiger partial charge in [-0.3, -0.25) is 0 Å². The highest BCUT2D eigenvalue weighted by molar-refractivity contribution is 6.29. The van der Waals surface area contributed by atoms with Gasteiger partial charge in [-0.15, -0.1) is 0 Å². The predicted octanol–water partition coefficient (Wildman–Crippen LogP) is 2.82. The summed E-state index contributed by atoms with van der Waals surface area (Å²) in [5, 5.41) is 0.515. The first kappa shape index (κ1) is 9.46. The van der Waals surface area contributed by atoms with Gasteiger partial charge < -0.3 is 0 Å². The van der Waals surface area contributed by atoms with Gasteiger partial charge in [-0.25, -0.2) is 9.97 Å². The fourth-order valence-corrected chi connectivity index (χ4v) is 0.957. The number of hydrogen-bond donors (Lipinski definition) is 0. The lowest BCUT2D eigenvalue weighted by atomic mass is 9.89. The van der Waals surface area contributed by atoms with Crippen LogP contribution in [0.5, 0.6) is 0 Å². The summed E-state index contributed by atoms with van der Waals surface area (Å²) in [6.07, 6.45) is 2.70. The molecule has 0 radical (unpaired) electrons. The minimum Gasteiger partial charge on any atom is -0.241 e. The fraction of sp³-hybridized carbons (Fsp3) is 0.556. The molecule has 1 aromatic heterocycles. The van der Waals surface area contributed by atoms with Gasteiger partial charge in [-0.1, -0.05) is 32.4 Å². The van der Waals surface area contributed by atoms with Crippen molar-refractivity contribution in [1.82, 2.24) is 9.97 Å². The molecule has 66 valence electrons. The van der Waals surface area contributed by atoms with Gasteiger partial charge in [-0.05, 0) is 12.5 Å². The van der Waals surface area contributed by atoms with Crippen molar-refractivity contribution >= 4 is 11.6 Å². The van der Waals surface area contributed by atoms with E-state index in [2.05, 4.69) is 30.7 Å². The first-order valence-corrected chi connectivity index (χ1v) is 4.43. The second-order valence-electron chi connectivity index (χ2n) is 3.44. The second-order valence-corrected chi connectivity index (χ2v) is 3.83. The highest BCUT2D eigenvalue weighted by Gasteiger charge is 2.21. The molecule has 1 aromatic rings. The van der Waals surface area contributed by atoms with Crippen LogP contribution in [0.4, 0.5) is 0 Å². The topological polar surface area (TPSA) is 25.8 Å². The minimum absolute atomic E-state index is 0.0188. The minimum atomic E-state index is 0.0188. The molecule has 0 aliphatic rings. The lowest BCUT2D eigenvalue weighted by molar-refractivity contribution is 0.472. The molecular formula is C9H13ClN2. The van der Waals surface area contributed by atoms with Crippen molar-refractivity contribution in [2.45, 2.75) is 32.6 Å². The molecule has 1 heterocycles. The van der Waals surface area contributed by atoms with E-state index in [1.54, 1.807) is 12.3 Å². The zero-order valence-electron chi connectivity index (χ0n) is 7.63. The van der Waals surface area contributed by atoms with Gasteiger partial charge in [0.15, 0.2) is 0 Å². The monoisotopic (exact) mass is 184 g/mol. The Morgan fingerprint density at radius 2 is 2.17 bits per heavy atom. The maximum absolute atomic E-state index is 5.76. The molecule has 0 saturated heterocycles. The summed E-state index contributed by atoms with van der Waals surface area (Å²) in [5.41, 5.74) is 0.0188. The summed E-state index contributed by atoms with van der Waals surface area (Å²) in [7, 11) is 0. The van der Waals surface area contributed by atoms with Gasteiger partial charge in [0.1, 0.15) is 11.0 Å². The van der Waals surface area contributed by atoms with Crippen molar-refractivity contribution in [3.8, 4) is 0 Å². The number of hydrogen-bond acceptors (Lipinski definition) is 2. The maximum atomic E-state index is 5.76. The van der Waals surface area contributed by atoms with Gasteiger partial charge >= 0.3 is 0 Å². The molecule has 0 fully saturated rings. The molecule has 0 spiro atoms. The number of aromatic nitrogens is 2. The van der Waals surface area contributed by atoms with Crippen LogP contribution in [0.2, 0.25) is 5.15 Å². The third-order valence-electron chi connectivity index (χ3n) is 2.11. The van der Waals surface area contributed by atoms with Gasteiger partial charge in [0.05, 0.1) is 0 Å². The molecule has 0 amide bonds. The molecule has 0 aliphatic carbocycles. The molecular weight excluding hydrogens is 172 g/mol. The van der Waals surface area contributed by atoms with E-state index < -0.39 is 0 Å². The summed E-state index contributed by atoms with van der Waals surface area (Å²) < 4.78 is 0. The van der Waals surface area contributed by atoms with Crippen LogP contribution in [0.3, 0.4) is 0 Å². The normalized spacial score (nSPS) is 11.7. The van der Waals surface area contributed by atoms with Crippen molar-refractivity contribution in [2.75, 3.05) is 0 Å². The summed E-state index contributed by atoms with van der Waals surface area (Å²) in [4.78, 5) is 8.36. The lowest BCUT2D eigenvalue weighted by Crippen LogP contribution is -2.19. The Labute approximate surface area is 78.0 Å². The molecule has 0 aliphatic heterocycles. The van der Waals surface area contributed by atoms with Crippen LogP contribution in [0.15, 0.2) is 12.3 Å². The molecule has 3 heteroatoms. The second kappa shape index (κ2) is 3.40. The van der Waals surface area contributed by atoms with Gasteiger partial charge in [-0.2, -0.15) is 0 Å². The Hall–Kier alpha value is -0.630. The number of rotatable bonds is 2. The first-order chi connectivity index (χ1) is 5.56. The quantitative estimate of drug-likeness (QED) is 0.661. The van der Waals surface area contributed by atoms with E-state index >= 15 is 0 Å². The number of halogens is 1. The van der Waals surface area contributed by atoms with Crippen LogP contribution in [0, 0.1) is 0 Å². The van der Waals surface area contributed by atoms with E-state index in [4.69, 9.17) is 11.6 Å². The maximum Gasteiger partial charge on any atom is 0.135 e. The standard InChI is InChI=1S/C9H13ClN2/c1-4-9(2,3)8-11-6-5-7(10)12-8/h5-6H,4H2,1-3H3. The molecule has 12 heavy (non-hydrogen) atoms. The Kier molecular flexibility index (Phi) is 2.68. The summed E-state index contributed by atoms with van der Waals surface area (Å²) >= 11 is 5.76. The van der Waals surface area contributed by atoms with E-state index in [-0.39, 0.29) is 5.41 Å². The van der Waals surface area contributed by atoms with E-state index in [0.29, 0.717) is 5.15 Å². The average Bonchev–Trinajstić information content (AvgIpc) is 2.05. The van der Waals surface area contributed by atoms with E-state index in [1.165, 1.54) is 0 Å². The Morgan fingerprint density at radius 3 is 2.67 bits per heavy atom. The SMILES string of the molecule is CCC(C)(C)c1nccc(Cl)n1. The predicted molar refractivity (Wildman–Crippen MR) is 50.4 cm³/mol. The van der Waals surface area contributed by atoms with Crippen LogP contribution in [0.25, 0.3) is 0 Å². The van der Waals surface area contributed by atoms with Crippen molar-refractivity contribution < 1.29 is 0 Å². The lowest BCUT2D eigenvalue weighted by Gasteiger charge is -2.20. The smallest absolute Gasteiger partial charge is 0.135 e. The van der Waals surface area contributed by atoms with Crippen LogP contribution in [-0.4, -0.2) is 9.97 Å². The molecule has 2 nitrogen and oxygen atoms in total. The van der Waals surface area contributed by atoms with E-state index in [9.17, 15) is 0 Å². The van der Waals surface area contributed by atoms with Crippen LogP contribution in [-0.2, 0) is 5.41 Å². The van der Waals surface area contributed by atoms with Crippen LogP contribution < -0.4 is 0 Å². The zero-order valence-corrected chi connectivity index (χ0v) is 8.39. The van der Waals surface area contributed by atoms with E-state index in [0.717, 1.165) is 12.2 Å². The van der Waals surface area contributed by atoms with E-state index in [1.807, 2.05) is 0 Å². The Balaban J connectivity index is 3.03. The summed E-state index contributed by atoms with van der Waals surface area (Å²) in [5.74, 6) is 0.817. The van der Waals surface area contributed by atoms with Crippen LogP contribution in [0.1, 0.15) is 33.0 Å². The largest absolute Gasteiger partial charge is 0.241 e. The molecule has 0 saturated carbocycles. The third-order valence-corrected chi connectivity index (χ3v) is 2.32. The van der Waals surface area contributed by atoms with Crippen molar-refractivity contribution in [3.05, 3.63) is 23.2 Å². The highest BCUT2D eigenvalue weighted by atomic mass is 35.5. The molecule has 1 rings (SSSR count). The first-order valence-electron chi connectivity index (χ1n) is 4.05. The van der Waals surface area contributed by atoms with Crippen molar-refractivity contribution in [2.24, 2.45) is 0 Å². The fourth-order valence-electron chi connectivity index (χ4n) is 0.821. The summed E-state index contributed by atoms with van der Waals surface area (Å²) in [6.45, 7) is 6.33. The van der Waals surface area contributed by atoms with Crippen LogP contribution >= 0.6 is 11.6 Å². The molecule has 0 bridgehead atoms. The Morgan fingerprint density at radius 1 is 1.50 bits per heavy atom. The molecule has 0 aromatic carbocycles. The molecule has 0 atom stereocenters. The average molecular weight is 185 g/mol. The van der Waals surface area contributed by atoms with Gasteiger partial charge in [0.2, 0.25) is 0 Å².